The molecule has 170 valence electrons. The number of hydrogen-bond donors (Lipinski definition) is 1. The van der Waals surface area contributed by atoms with E-state index in [1.54, 1.807) is 24.1 Å². The lowest BCUT2D eigenvalue weighted by Crippen LogP contribution is -2.12. The second-order valence-electron chi connectivity index (χ2n) is 7.59. The Morgan fingerprint density at radius 3 is 2.64 bits per heavy atom. The summed E-state index contributed by atoms with van der Waals surface area (Å²) in [6.07, 6.45) is 5.32. The minimum atomic E-state index is -0.205. The van der Waals surface area contributed by atoms with Crippen LogP contribution in [0.1, 0.15) is 34.1 Å². The summed E-state index contributed by atoms with van der Waals surface area (Å²) in [6, 6.07) is 14.8. The number of carbonyl (C=O) groups is 1. The fourth-order valence-electron chi connectivity index (χ4n) is 3.55. The molecule has 0 aliphatic carbocycles. The minimum Gasteiger partial charge on any atom is -0.493 e. The van der Waals surface area contributed by atoms with Gasteiger partial charge in [0.2, 0.25) is 0 Å². The SMILES string of the molecule is CCn1ncc(Cn2cc(NC(=O)c3cccc(COc4ccccc4OC)c3)cn2)c1C. The number of rotatable bonds is 9. The molecular formula is C25H27N5O3. The first-order chi connectivity index (χ1) is 16.1. The second kappa shape index (κ2) is 10.0. The van der Waals surface area contributed by atoms with Gasteiger partial charge < -0.3 is 14.8 Å². The number of anilines is 1. The summed E-state index contributed by atoms with van der Waals surface area (Å²) in [5.41, 5.74) is 4.28. The van der Waals surface area contributed by atoms with Gasteiger partial charge in [0.05, 0.1) is 31.7 Å². The molecule has 0 unspecified atom stereocenters. The van der Waals surface area contributed by atoms with E-state index in [0.29, 0.717) is 35.9 Å². The predicted octanol–water partition coefficient (Wildman–Crippen LogP) is 4.30. The zero-order valence-corrected chi connectivity index (χ0v) is 19.0. The summed E-state index contributed by atoms with van der Waals surface area (Å²) in [7, 11) is 1.61. The predicted molar refractivity (Wildman–Crippen MR) is 126 cm³/mol. The van der Waals surface area contributed by atoms with E-state index in [1.807, 2.05) is 66.5 Å². The van der Waals surface area contributed by atoms with Crippen molar-refractivity contribution in [2.24, 2.45) is 0 Å². The van der Waals surface area contributed by atoms with Gasteiger partial charge in [0.1, 0.15) is 6.61 Å². The quantitative estimate of drug-likeness (QED) is 0.415. The van der Waals surface area contributed by atoms with Gasteiger partial charge in [0.25, 0.3) is 5.91 Å². The van der Waals surface area contributed by atoms with E-state index in [4.69, 9.17) is 9.47 Å². The van der Waals surface area contributed by atoms with Crippen LogP contribution in [0.5, 0.6) is 11.5 Å². The Labute approximate surface area is 192 Å². The third kappa shape index (κ3) is 5.23. The van der Waals surface area contributed by atoms with Crippen molar-refractivity contribution in [2.75, 3.05) is 12.4 Å². The van der Waals surface area contributed by atoms with Gasteiger partial charge in [-0.2, -0.15) is 10.2 Å². The summed E-state index contributed by atoms with van der Waals surface area (Å²) in [5.74, 6) is 1.12. The van der Waals surface area contributed by atoms with Gasteiger partial charge >= 0.3 is 0 Å². The van der Waals surface area contributed by atoms with Crippen LogP contribution in [0.15, 0.2) is 67.1 Å². The summed E-state index contributed by atoms with van der Waals surface area (Å²) >= 11 is 0. The number of aromatic nitrogens is 4. The molecular weight excluding hydrogens is 418 g/mol. The first kappa shape index (κ1) is 22.1. The molecule has 4 rings (SSSR count). The smallest absolute Gasteiger partial charge is 0.255 e. The minimum absolute atomic E-state index is 0.205. The van der Waals surface area contributed by atoms with Gasteiger partial charge in [0.15, 0.2) is 11.5 Å². The normalized spacial score (nSPS) is 10.8. The van der Waals surface area contributed by atoms with Crippen molar-refractivity contribution in [3.8, 4) is 11.5 Å². The molecule has 0 atom stereocenters. The molecule has 1 amide bonds. The first-order valence-electron chi connectivity index (χ1n) is 10.8. The standard InChI is InChI=1S/C25H27N5O3/c1-4-30-18(2)21(13-27-30)15-29-16-22(14-26-29)28-25(31)20-9-7-8-19(12-20)17-33-24-11-6-5-10-23(24)32-3/h5-14,16H,4,15,17H2,1-3H3,(H,28,31). The summed E-state index contributed by atoms with van der Waals surface area (Å²) < 4.78 is 14.9. The molecule has 0 saturated heterocycles. The van der Waals surface area contributed by atoms with Gasteiger partial charge in [-0.05, 0) is 43.7 Å². The largest absolute Gasteiger partial charge is 0.493 e. The van der Waals surface area contributed by atoms with Crippen LogP contribution >= 0.6 is 0 Å². The van der Waals surface area contributed by atoms with Gasteiger partial charge in [-0.25, -0.2) is 0 Å². The molecule has 33 heavy (non-hydrogen) atoms. The lowest BCUT2D eigenvalue weighted by Gasteiger charge is -2.11. The summed E-state index contributed by atoms with van der Waals surface area (Å²) in [6.45, 7) is 5.85. The number of nitrogens with one attached hydrogen (secondary N) is 1. The maximum atomic E-state index is 12.8. The Morgan fingerprint density at radius 2 is 1.88 bits per heavy atom. The molecule has 2 aromatic heterocycles. The Morgan fingerprint density at radius 1 is 1.06 bits per heavy atom. The number of benzene rings is 2. The molecule has 0 bridgehead atoms. The van der Waals surface area contributed by atoms with E-state index in [-0.39, 0.29) is 5.91 Å². The maximum absolute atomic E-state index is 12.8. The van der Waals surface area contributed by atoms with Crippen LogP contribution in [0.3, 0.4) is 0 Å². The van der Waals surface area contributed by atoms with Crippen LogP contribution in [0, 0.1) is 6.92 Å². The zero-order chi connectivity index (χ0) is 23.2. The Balaban J connectivity index is 1.38. The van der Waals surface area contributed by atoms with Crippen molar-refractivity contribution in [3.05, 3.63) is 89.5 Å². The zero-order valence-electron chi connectivity index (χ0n) is 19.0. The molecule has 8 heteroatoms. The van der Waals surface area contributed by atoms with Crippen molar-refractivity contribution in [3.63, 3.8) is 0 Å². The Bertz CT molecular complexity index is 1240. The van der Waals surface area contributed by atoms with Gasteiger partial charge in [-0.1, -0.05) is 24.3 Å². The highest BCUT2D eigenvalue weighted by molar-refractivity contribution is 6.04. The molecule has 0 aliphatic heterocycles. The molecule has 0 aliphatic rings. The van der Waals surface area contributed by atoms with Gasteiger partial charge in [0, 0.05) is 29.6 Å². The topological polar surface area (TPSA) is 83.2 Å². The molecule has 0 radical (unpaired) electrons. The van der Waals surface area contributed by atoms with Crippen molar-refractivity contribution in [2.45, 2.75) is 33.5 Å². The fourth-order valence-corrected chi connectivity index (χ4v) is 3.55. The number of para-hydroxylation sites is 2. The first-order valence-corrected chi connectivity index (χ1v) is 10.8. The van der Waals surface area contributed by atoms with Crippen LogP contribution in [0.25, 0.3) is 0 Å². The van der Waals surface area contributed by atoms with Crippen LogP contribution in [-0.4, -0.2) is 32.6 Å². The van der Waals surface area contributed by atoms with Crippen LogP contribution in [-0.2, 0) is 19.7 Å². The third-order valence-electron chi connectivity index (χ3n) is 5.38. The summed E-state index contributed by atoms with van der Waals surface area (Å²) in [5, 5.41) is 11.6. The molecule has 4 aromatic rings. The van der Waals surface area contributed by atoms with Gasteiger partial charge in [-0.15, -0.1) is 0 Å². The van der Waals surface area contributed by atoms with Crippen LogP contribution < -0.4 is 14.8 Å². The number of hydrogen-bond acceptors (Lipinski definition) is 5. The molecule has 1 N–H and O–H groups in total. The van der Waals surface area contributed by atoms with Crippen molar-refractivity contribution in [1.29, 1.82) is 0 Å². The highest BCUT2D eigenvalue weighted by atomic mass is 16.5. The monoisotopic (exact) mass is 445 g/mol. The molecule has 0 fully saturated rings. The number of amides is 1. The van der Waals surface area contributed by atoms with Gasteiger partial charge in [-0.3, -0.25) is 14.2 Å². The van der Waals surface area contributed by atoms with E-state index >= 15 is 0 Å². The average molecular weight is 446 g/mol. The summed E-state index contributed by atoms with van der Waals surface area (Å²) in [4.78, 5) is 12.8. The van der Waals surface area contributed by atoms with Crippen molar-refractivity contribution < 1.29 is 14.3 Å². The van der Waals surface area contributed by atoms with E-state index in [1.165, 1.54) is 0 Å². The highest BCUT2D eigenvalue weighted by Crippen LogP contribution is 2.26. The Kier molecular flexibility index (Phi) is 6.73. The number of nitrogens with zero attached hydrogens (tertiary/aromatic N) is 4. The van der Waals surface area contributed by atoms with E-state index in [0.717, 1.165) is 23.4 Å². The van der Waals surface area contributed by atoms with Crippen molar-refractivity contribution in [1.82, 2.24) is 19.6 Å². The van der Waals surface area contributed by atoms with Crippen molar-refractivity contribution >= 4 is 11.6 Å². The van der Waals surface area contributed by atoms with Crippen LogP contribution in [0.4, 0.5) is 5.69 Å². The lowest BCUT2D eigenvalue weighted by atomic mass is 10.1. The maximum Gasteiger partial charge on any atom is 0.255 e. The number of carbonyl (C=O) groups excluding carboxylic acids is 1. The molecule has 2 aromatic carbocycles. The third-order valence-corrected chi connectivity index (χ3v) is 5.38. The molecule has 8 nitrogen and oxygen atoms in total. The number of ether oxygens (including phenoxy) is 2. The number of aryl methyl sites for hydroxylation is 1. The number of methoxy groups -OCH3 is 1. The molecule has 0 saturated carbocycles. The molecule has 0 spiro atoms. The Hall–Kier alpha value is -4.07. The lowest BCUT2D eigenvalue weighted by molar-refractivity contribution is 0.102. The second-order valence-corrected chi connectivity index (χ2v) is 7.59. The average Bonchev–Trinajstić information content (AvgIpc) is 3.44. The highest BCUT2D eigenvalue weighted by Gasteiger charge is 2.11. The van der Waals surface area contributed by atoms with E-state index < -0.39 is 0 Å². The van der Waals surface area contributed by atoms with E-state index in [9.17, 15) is 4.79 Å². The fraction of sp³-hybridized carbons (Fsp3) is 0.240. The van der Waals surface area contributed by atoms with Crippen LogP contribution in [0.2, 0.25) is 0 Å². The van der Waals surface area contributed by atoms with E-state index in [2.05, 4.69) is 22.4 Å². The molecule has 2 heterocycles.